The summed E-state index contributed by atoms with van der Waals surface area (Å²) in [6.07, 6.45) is -3.22. The Balaban J connectivity index is 2.62. The number of hydrogen-bond acceptors (Lipinski definition) is 4. The number of nitrogens with zero attached hydrogens (tertiary/aromatic N) is 2. The molecule has 0 saturated heterocycles. The Hall–Kier alpha value is -2.05. The van der Waals surface area contributed by atoms with Gasteiger partial charge in [-0.1, -0.05) is 0 Å². The van der Waals surface area contributed by atoms with Gasteiger partial charge in [0.05, 0.1) is 23.1 Å². The van der Waals surface area contributed by atoms with E-state index in [-0.39, 0.29) is 17.3 Å². The lowest BCUT2D eigenvalue weighted by Crippen LogP contribution is -2.09. The van der Waals surface area contributed by atoms with Gasteiger partial charge in [-0.25, -0.2) is 9.97 Å². The first-order valence-electron chi connectivity index (χ1n) is 5.52. The van der Waals surface area contributed by atoms with Crippen LogP contribution in [0, 0.1) is 13.8 Å². The van der Waals surface area contributed by atoms with Gasteiger partial charge in [0.1, 0.15) is 11.5 Å². The first-order chi connectivity index (χ1) is 8.82. The number of oxazole rings is 1. The normalized spacial score (nSPS) is 11.7. The van der Waals surface area contributed by atoms with Crippen molar-refractivity contribution in [2.45, 2.75) is 20.0 Å². The standard InChI is InChI=1S/C12H12F3N3O/c1-6-7(2)19-11(18-6)10-9(12(13,14)15)4-8(16-3)5-17-10/h4-5,16H,1-3H3. The molecule has 7 heteroatoms. The number of aromatic nitrogens is 2. The quantitative estimate of drug-likeness (QED) is 0.909. The van der Waals surface area contributed by atoms with E-state index in [2.05, 4.69) is 15.3 Å². The highest BCUT2D eigenvalue weighted by molar-refractivity contribution is 5.59. The lowest BCUT2D eigenvalue weighted by atomic mass is 10.1. The van der Waals surface area contributed by atoms with Gasteiger partial charge in [0, 0.05) is 7.05 Å². The highest BCUT2D eigenvalue weighted by Gasteiger charge is 2.36. The molecular weight excluding hydrogens is 259 g/mol. The molecule has 0 saturated carbocycles. The van der Waals surface area contributed by atoms with Gasteiger partial charge in [-0.3, -0.25) is 0 Å². The zero-order valence-electron chi connectivity index (χ0n) is 10.6. The van der Waals surface area contributed by atoms with Crippen LogP contribution in [-0.4, -0.2) is 17.0 Å². The van der Waals surface area contributed by atoms with Crippen molar-refractivity contribution >= 4 is 5.69 Å². The molecule has 0 unspecified atom stereocenters. The Morgan fingerprint density at radius 3 is 2.42 bits per heavy atom. The lowest BCUT2D eigenvalue weighted by Gasteiger charge is -2.11. The van der Waals surface area contributed by atoms with Crippen molar-refractivity contribution in [3.8, 4) is 11.6 Å². The first kappa shape index (κ1) is 13.4. The fraction of sp³-hybridized carbons (Fsp3) is 0.333. The number of rotatable bonds is 2. The molecule has 19 heavy (non-hydrogen) atoms. The van der Waals surface area contributed by atoms with Gasteiger partial charge in [-0.15, -0.1) is 0 Å². The SMILES string of the molecule is CNc1cnc(-c2nc(C)c(C)o2)c(C(F)(F)F)c1. The van der Waals surface area contributed by atoms with Crippen LogP contribution in [0.1, 0.15) is 17.0 Å². The molecule has 0 aliphatic rings. The minimum atomic E-state index is -4.52. The first-order valence-corrected chi connectivity index (χ1v) is 5.52. The maximum Gasteiger partial charge on any atom is 0.418 e. The van der Waals surface area contributed by atoms with Crippen LogP contribution in [0.4, 0.5) is 18.9 Å². The van der Waals surface area contributed by atoms with E-state index in [1.54, 1.807) is 13.8 Å². The zero-order valence-corrected chi connectivity index (χ0v) is 10.6. The highest BCUT2D eigenvalue weighted by Crippen LogP contribution is 2.37. The number of aryl methyl sites for hydroxylation is 2. The van der Waals surface area contributed by atoms with Crippen molar-refractivity contribution in [3.63, 3.8) is 0 Å². The maximum absolute atomic E-state index is 13.0. The number of anilines is 1. The van der Waals surface area contributed by atoms with Gasteiger partial charge in [0.15, 0.2) is 0 Å². The van der Waals surface area contributed by atoms with Crippen LogP contribution in [0.15, 0.2) is 16.7 Å². The van der Waals surface area contributed by atoms with Crippen LogP contribution in [0.2, 0.25) is 0 Å². The molecule has 2 aromatic rings. The average molecular weight is 271 g/mol. The monoisotopic (exact) mass is 271 g/mol. The molecule has 2 aromatic heterocycles. The zero-order chi connectivity index (χ0) is 14.2. The molecule has 1 N–H and O–H groups in total. The van der Waals surface area contributed by atoms with Crippen LogP contribution < -0.4 is 5.32 Å². The van der Waals surface area contributed by atoms with Crippen LogP contribution >= 0.6 is 0 Å². The van der Waals surface area contributed by atoms with E-state index in [0.29, 0.717) is 11.5 Å². The third kappa shape index (κ3) is 2.54. The van der Waals surface area contributed by atoms with Crippen molar-refractivity contribution in [1.29, 1.82) is 0 Å². The molecule has 0 spiro atoms. The summed E-state index contributed by atoms with van der Waals surface area (Å²) in [7, 11) is 1.52. The van der Waals surface area contributed by atoms with Crippen molar-refractivity contribution < 1.29 is 17.6 Å². The topological polar surface area (TPSA) is 51.0 Å². The second-order valence-electron chi connectivity index (χ2n) is 4.03. The van der Waals surface area contributed by atoms with E-state index in [9.17, 15) is 13.2 Å². The Labute approximate surface area is 107 Å². The molecule has 0 fully saturated rings. The smallest absolute Gasteiger partial charge is 0.418 e. The second-order valence-corrected chi connectivity index (χ2v) is 4.03. The summed E-state index contributed by atoms with van der Waals surface area (Å²) >= 11 is 0. The summed E-state index contributed by atoms with van der Waals surface area (Å²) < 4.78 is 44.3. The van der Waals surface area contributed by atoms with E-state index in [0.717, 1.165) is 6.07 Å². The van der Waals surface area contributed by atoms with Crippen molar-refractivity contribution in [2.75, 3.05) is 12.4 Å². The van der Waals surface area contributed by atoms with E-state index in [4.69, 9.17) is 4.42 Å². The Bertz CT molecular complexity index is 585. The fourth-order valence-corrected chi connectivity index (χ4v) is 1.56. The molecule has 0 aromatic carbocycles. The molecule has 0 aliphatic heterocycles. The molecule has 0 bridgehead atoms. The van der Waals surface area contributed by atoms with Crippen molar-refractivity contribution in [2.24, 2.45) is 0 Å². The molecule has 2 rings (SSSR count). The minimum absolute atomic E-state index is 0.120. The van der Waals surface area contributed by atoms with Gasteiger partial charge in [-0.2, -0.15) is 13.2 Å². The summed E-state index contributed by atoms with van der Waals surface area (Å²) in [5, 5.41) is 2.62. The molecule has 2 heterocycles. The maximum atomic E-state index is 13.0. The van der Waals surface area contributed by atoms with Crippen molar-refractivity contribution in [3.05, 3.63) is 29.3 Å². The summed E-state index contributed by atoms with van der Waals surface area (Å²) in [6.45, 7) is 3.30. The van der Waals surface area contributed by atoms with Gasteiger partial charge in [0.2, 0.25) is 5.89 Å². The van der Waals surface area contributed by atoms with E-state index in [1.807, 2.05) is 0 Å². The average Bonchev–Trinajstić information content (AvgIpc) is 2.67. The molecule has 0 atom stereocenters. The molecular formula is C12H12F3N3O. The number of nitrogens with one attached hydrogen (secondary N) is 1. The molecule has 4 nitrogen and oxygen atoms in total. The van der Waals surface area contributed by atoms with Crippen LogP contribution in [0.25, 0.3) is 11.6 Å². The largest absolute Gasteiger partial charge is 0.440 e. The van der Waals surface area contributed by atoms with Gasteiger partial charge < -0.3 is 9.73 Å². The van der Waals surface area contributed by atoms with Gasteiger partial charge in [0.25, 0.3) is 0 Å². The van der Waals surface area contributed by atoms with Gasteiger partial charge in [-0.05, 0) is 19.9 Å². The summed E-state index contributed by atoms with van der Waals surface area (Å²) in [5.41, 5.74) is -0.359. The Morgan fingerprint density at radius 1 is 1.26 bits per heavy atom. The molecule has 0 aliphatic carbocycles. The molecule has 0 radical (unpaired) electrons. The molecule has 0 amide bonds. The van der Waals surface area contributed by atoms with E-state index < -0.39 is 11.7 Å². The predicted octanol–water partition coefficient (Wildman–Crippen LogP) is 3.41. The third-order valence-corrected chi connectivity index (χ3v) is 2.71. The second kappa shape index (κ2) is 4.56. The highest BCUT2D eigenvalue weighted by atomic mass is 19.4. The third-order valence-electron chi connectivity index (χ3n) is 2.71. The Morgan fingerprint density at radius 2 is 1.95 bits per heavy atom. The summed E-state index contributed by atoms with van der Waals surface area (Å²) in [5.74, 6) is 0.354. The minimum Gasteiger partial charge on any atom is -0.440 e. The van der Waals surface area contributed by atoms with Gasteiger partial charge >= 0.3 is 6.18 Å². The number of hydrogen-bond donors (Lipinski definition) is 1. The number of pyridine rings is 1. The fourth-order valence-electron chi connectivity index (χ4n) is 1.56. The van der Waals surface area contributed by atoms with E-state index in [1.165, 1.54) is 13.2 Å². The Kier molecular flexibility index (Phi) is 3.21. The van der Waals surface area contributed by atoms with Crippen LogP contribution in [-0.2, 0) is 6.18 Å². The van der Waals surface area contributed by atoms with Crippen molar-refractivity contribution in [1.82, 2.24) is 9.97 Å². The summed E-state index contributed by atoms with van der Waals surface area (Å²) in [4.78, 5) is 7.76. The number of alkyl halides is 3. The lowest BCUT2D eigenvalue weighted by molar-refractivity contribution is -0.137. The molecule has 102 valence electrons. The van der Waals surface area contributed by atoms with E-state index >= 15 is 0 Å². The van der Waals surface area contributed by atoms with Crippen LogP contribution in [0.5, 0.6) is 0 Å². The summed E-state index contributed by atoms with van der Waals surface area (Å²) in [6, 6.07) is 0.983. The number of halogens is 3. The predicted molar refractivity (Wildman–Crippen MR) is 63.8 cm³/mol. The van der Waals surface area contributed by atoms with Crippen LogP contribution in [0.3, 0.4) is 0 Å².